The molecule has 0 aliphatic heterocycles. The second-order valence-electron chi connectivity index (χ2n) is 6.78. The summed E-state index contributed by atoms with van der Waals surface area (Å²) in [4.78, 5) is 12.1. The van der Waals surface area contributed by atoms with Crippen LogP contribution in [-0.4, -0.2) is 31.9 Å². The van der Waals surface area contributed by atoms with E-state index < -0.39 is 12.1 Å². The molecule has 0 saturated heterocycles. The average molecular weight is 406 g/mol. The summed E-state index contributed by atoms with van der Waals surface area (Å²) in [6.07, 6.45) is -0.597. The summed E-state index contributed by atoms with van der Waals surface area (Å²) in [5.41, 5.74) is 0.325. The highest BCUT2D eigenvalue weighted by Crippen LogP contribution is 2.33. The Labute approximate surface area is 176 Å². The van der Waals surface area contributed by atoms with Crippen LogP contribution in [0, 0.1) is 0 Å². The quantitative estimate of drug-likeness (QED) is 0.343. The van der Waals surface area contributed by atoms with Crippen LogP contribution in [-0.2, 0) is 9.53 Å². The van der Waals surface area contributed by atoms with Crippen LogP contribution in [0.5, 0.6) is 17.2 Å². The zero-order valence-corrected chi connectivity index (χ0v) is 17.3. The van der Waals surface area contributed by atoms with E-state index in [1.807, 2.05) is 73.7 Å². The number of hydrogen-bond donors (Lipinski definition) is 0. The first-order valence-corrected chi connectivity index (χ1v) is 9.90. The van der Waals surface area contributed by atoms with Gasteiger partial charge in [0.1, 0.15) is 30.5 Å². The van der Waals surface area contributed by atoms with Gasteiger partial charge in [0.15, 0.2) is 6.10 Å². The maximum Gasteiger partial charge on any atom is 0.333 e. The third-order valence-corrected chi connectivity index (χ3v) is 4.37. The summed E-state index contributed by atoms with van der Waals surface area (Å²) in [7, 11) is 0. The highest BCUT2D eigenvalue weighted by molar-refractivity contribution is 5.93. The zero-order chi connectivity index (χ0) is 21.3. The molecular weight excluding hydrogens is 380 g/mol. The van der Waals surface area contributed by atoms with Gasteiger partial charge in [-0.15, -0.1) is 0 Å². The Balaban J connectivity index is 1.75. The molecule has 0 aliphatic rings. The molecule has 0 radical (unpaired) electrons. The van der Waals surface area contributed by atoms with Crippen molar-refractivity contribution < 1.29 is 23.7 Å². The average Bonchev–Trinajstić information content (AvgIpc) is 2.77. The molecule has 0 fully saturated rings. The molecular formula is C25H26O5. The Morgan fingerprint density at radius 1 is 0.833 bits per heavy atom. The van der Waals surface area contributed by atoms with E-state index in [9.17, 15) is 4.79 Å². The lowest BCUT2D eigenvalue weighted by Crippen LogP contribution is -2.31. The summed E-state index contributed by atoms with van der Waals surface area (Å²) < 4.78 is 23.0. The maximum atomic E-state index is 12.1. The number of para-hydroxylation sites is 1. The smallest absolute Gasteiger partial charge is 0.333 e. The predicted molar refractivity (Wildman–Crippen MR) is 117 cm³/mol. The fourth-order valence-electron chi connectivity index (χ4n) is 2.91. The van der Waals surface area contributed by atoms with Gasteiger partial charge in [0.05, 0.1) is 6.61 Å². The fourth-order valence-corrected chi connectivity index (χ4v) is 2.91. The fraction of sp³-hybridized carbons (Fsp3) is 0.240. The zero-order valence-electron chi connectivity index (χ0n) is 17.3. The van der Waals surface area contributed by atoms with Gasteiger partial charge in [-0.3, -0.25) is 0 Å². The van der Waals surface area contributed by atoms with Crippen molar-refractivity contribution in [1.82, 2.24) is 0 Å². The summed E-state index contributed by atoms with van der Waals surface area (Å²) in [5.74, 6) is 1.71. The van der Waals surface area contributed by atoms with Crippen LogP contribution in [0.3, 0.4) is 0 Å². The van der Waals surface area contributed by atoms with Crippen LogP contribution in [0.25, 0.3) is 10.8 Å². The molecule has 3 rings (SSSR count). The van der Waals surface area contributed by atoms with E-state index in [1.54, 1.807) is 6.92 Å². The summed E-state index contributed by atoms with van der Waals surface area (Å²) in [6.45, 7) is 8.09. The highest BCUT2D eigenvalue weighted by atomic mass is 16.6. The van der Waals surface area contributed by atoms with Crippen LogP contribution in [0.2, 0.25) is 0 Å². The Bertz CT molecular complexity index is 997. The monoisotopic (exact) mass is 406 g/mol. The van der Waals surface area contributed by atoms with E-state index in [1.165, 1.54) is 0 Å². The Hall–Kier alpha value is -3.47. The number of benzene rings is 3. The van der Waals surface area contributed by atoms with Gasteiger partial charge < -0.3 is 18.9 Å². The van der Waals surface area contributed by atoms with E-state index >= 15 is 0 Å². The van der Waals surface area contributed by atoms with E-state index in [0.717, 1.165) is 16.5 Å². The van der Waals surface area contributed by atoms with Gasteiger partial charge in [0.25, 0.3) is 0 Å². The summed E-state index contributed by atoms with van der Waals surface area (Å²) in [6, 6.07) is 21.0. The molecule has 0 bridgehead atoms. The molecule has 0 aromatic heterocycles. The molecule has 0 amide bonds. The van der Waals surface area contributed by atoms with E-state index in [0.29, 0.717) is 23.7 Å². The molecule has 0 heterocycles. The second kappa shape index (κ2) is 10.3. The van der Waals surface area contributed by atoms with Gasteiger partial charge in [-0.1, -0.05) is 49.0 Å². The molecule has 0 saturated carbocycles. The van der Waals surface area contributed by atoms with E-state index in [-0.39, 0.29) is 13.2 Å². The largest absolute Gasteiger partial charge is 0.493 e. The molecule has 156 valence electrons. The van der Waals surface area contributed by atoms with Crippen molar-refractivity contribution in [2.75, 3.05) is 19.8 Å². The van der Waals surface area contributed by atoms with Crippen LogP contribution in [0.1, 0.15) is 13.8 Å². The minimum absolute atomic E-state index is 0.143. The van der Waals surface area contributed by atoms with Crippen molar-refractivity contribution in [3.63, 3.8) is 0 Å². The van der Waals surface area contributed by atoms with Crippen molar-refractivity contribution in [2.24, 2.45) is 0 Å². The van der Waals surface area contributed by atoms with Crippen LogP contribution in [0.15, 0.2) is 78.9 Å². The Kier molecular flexibility index (Phi) is 7.33. The molecule has 5 heteroatoms. The molecule has 0 N–H and O–H groups in total. The van der Waals surface area contributed by atoms with Gasteiger partial charge in [0, 0.05) is 16.3 Å². The second-order valence-corrected chi connectivity index (χ2v) is 6.78. The van der Waals surface area contributed by atoms with Crippen molar-refractivity contribution in [3.8, 4) is 17.2 Å². The van der Waals surface area contributed by atoms with Crippen molar-refractivity contribution in [1.29, 1.82) is 0 Å². The summed E-state index contributed by atoms with van der Waals surface area (Å²) in [5, 5.41) is 1.89. The number of carbonyl (C=O) groups excluding carboxylic acids is 1. The predicted octanol–water partition coefficient (Wildman–Crippen LogP) is 5.18. The highest BCUT2D eigenvalue weighted by Gasteiger charge is 2.18. The van der Waals surface area contributed by atoms with Crippen LogP contribution >= 0.6 is 0 Å². The van der Waals surface area contributed by atoms with Gasteiger partial charge in [-0.2, -0.15) is 0 Å². The lowest BCUT2D eigenvalue weighted by molar-refractivity contribution is -0.147. The number of esters is 1. The minimum atomic E-state index is -0.597. The third kappa shape index (κ3) is 5.54. The topological polar surface area (TPSA) is 54.0 Å². The third-order valence-electron chi connectivity index (χ3n) is 4.37. The molecule has 3 aromatic carbocycles. The molecule has 5 nitrogen and oxygen atoms in total. The Morgan fingerprint density at radius 2 is 1.40 bits per heavy atom. The lowest BCUT2D eigenvalue weighted by atomic mass is 10.1. The van der Waals surface area contributed by atoms with E-state index in [4.69, 9.17) is 18.9 Å². The molecule has 3 aromatic rings. The van der Waals surface area contributed by atoms with Gasteiger partial charge >= 0.3 is 5.97 Å². The number of hydrogen-bond acceptors (Lipinski definition) is 5. The van der Waals surface area contributed by atoms with Crippen molar-refractivity contribution in [3.05, 3.63) is 78.9 Å². The SMILES string of the molecule is C=C(C)C(=O)OC(COc1ccccc1)COc1ccc(OCC)c2ccccc12. The number of rotatable bonds is 10. The van der Waals surface area contributed by atoms with Gasteiger partial charge in [-0.25, -0.2) is 4.79 Å². The molecule has 1 atom stereocenters. The number of fused-ring (bicyclic) bond motifs is 1. The van der Waals surface area contributed by atoms with Crippen molar-refractivity contribution >= 4 is 16.7 Å². The van der Waals surface area contributed by atoms with Gasteiger partial charge in [-0.05, 0) is 38.1 Å². The molecule has 1 unspecified atom stereocenters. The lowest BCUT2D eigenvalue weighted by Gasteiger charge is -2.20. The minimum Gasteiger partial charge on any atom is -0.493 e. The normalized spacial score (nSPS) is 11.5. The van der Waals surface area contributed by atoms with Crippen molar-refractivity contribution in [2.45, 2.75) is 20.0 Å². The van der Waals surface area contributed by atoms with Crippen LogP contribution < -0.4 is 14.2 Å². The standard InChI is InChI=1S/C25H26O5/c1-4-27-23-14-15-24(22-13-9-8-12-21(22)23)29-17-20(30-25(26)18(2)3)16-28-19-10-6-5-7-11-19/h5-15,20H,2,4,16-17H2,1,3H3. The maximum absolute atomic E-state index is 12.1. The number of carbonyl (C=O) groups is 1. The molecule has 30 heavy (non-hydrogen) atoms. The van der Waals surface area contributed by atoms with Gasteiger partial charge in [0.2, 0.25) is 0 Å². The molecule has 0 aliphatic carbocycles. The van der Waals surface area contributed by atoms with Crippen LogP contribution in [0.4, 0.5) is 0 Å². The first-order valence-electron chi connectivity index (χ1n) is 9.90. The number of ether oxygens (including phenoxy) is 4. The van der Waals surface area contributed by atoms with E-state index in [2.05, 4.69) is 6.58 Å². The summed E-state index contributed by atoms with van der Waals surface area (Å²) >= 11 is 0. The first kappa shape index (κ1) is 21.2. The first-order chi connectivity index (χ1) is 14.6. The molecule has 0 spiro atoms. The Morgan fingerprint density at radius 3 is 2.00 bits per heavy atom.